The number of rotatable bonds is 8. The molecule has 0 saturated carbocycles. The third-order valence-corrected chi connectivity index (χ3v) is 6.84. The zero-order valence-electron chi connectivity index (χ0n) is 19.6. The Bertz CT molecular complexity index is 900. The van der Waals surface area contributed by atoms with Gasteiger partial charge in [-0.2, -0.15) is 0 Å². The standard InChI is InChI=1S/C26H35Cl2N3O/c1-18(2)31(19(3)4)15-12-20-10-13-30(14-11-20)25-9-8-23(28)17-24(25)29-26(32)21-6-5-7-22(27)16-21/h5-9,16-20H,10-15H2,1-4H3,(H,29,32). The first kappa shape index (κ1) is 24.9. The van der Waals surface area contributed by atoms with Crippen molar-refractivity contribution in [1.29, 1.82) is 0 Å². The Morgan fingerprint density at radius 3 is 2.31 bits per heavy atom. The summed E-state index contributed by atoms with van der Waals surface area (Å²) in [5, 5.41) is 4.18. The van der Waals surface area contributed by atoms with Crippen LogP contribution in [0.1, 0.15) is 57.3 Å². The summed E-state index contributed by atoms with van der Waals surface area (Å²) < 4.78 is 0. The van der Waals surface area contributed by atoms with E-state index in [4.69, 9.17) is 23.2 Å². The molecule has 1 saturated heterocycles. The van der Waals surface area contributed by atoms with Gasteiger partial charge in [-0.05, 0) is 95.8 Å². The number of amides is 1. The minimum atomic E-state index is -0.187. The molecule has 0 aliphatic carbocycles. The third-order valence-electron chi connectivity index (χ3n) is 6.37. The van der Waals surface area contributed by atoms with Gasteiger partial charge in [-0.1, -0.05) is 29.3 Å². The second kappa shape index (κ2) is 11.4. The average Bonchev–Trinajstić information content (AvgIpc) is 2.74. The van der Waals surface area contributed by atoms with Gasteiger partial charge in [0.05, 0.1) is 11.4 Å². The number of nitrogens with zero attached hydrogens (tertiary/aromatic N) is 2. The van der Waals surface area contributed by atoms with Crippen LogP contribution in [0.4, 0.5) is 11.4 Å². The molecule has 1 aliphatic rings. The molecule has 0 bridgehead atoms. The van der Waals surface area contributed by atoms with Crippen LogP contribution < -0.4 is 10.2 Å². The maximum absolute atomic E-state index is 12.8. The van der Waals surface area contributed by atoms with Crippen LogP contribution in [0.25, 0.3) is 0 Å². The van der Waals surface area contributed by atoms with Gasteiger partial charge in [-0.25, -0.2) is 0 Å². The molecule has 1 amide bonds. The summed E-state index contributed by atoms with van der Waals surface area (Å²) in [7, 11) is 0. The average molecular weight is 476 g/mol. The monoisotopic (exact) mass is 475 g/mol. The molecule has 174 valence electrons. The van der Waals surface area contributed by atoms with Crippen molar-refractivity contribution in [3.63, 3.8) is 0 Å². The molecule has 3 rings (SSSR count). The zero-order chi connectivity index (χ0) is 23.3. The number of halogens is 2. The Morgan fingerprint density at radius 2 is 1.69 bits per heavy atom. The lowest BCUT2D eigenvalue weighted by atomic mass is 9.92. The van der Waals surface area contributed by atoms with Crippen LogP contribution in [0.15, 0.2) is 42.5 Å². The van der Waals surface area contributed by atoms with E-state index >= 15 is 0 Å². The van der Waals surface area contributed by atoms with E-state index < -0.39 is 0 Å². The van der Waals surface area contributed by atoms with E-state index in [1.54, 1.807) is 24.3 Å². The Labute approximate surface area is 202 Å². The molecule has 1 heterocycles. The van der Waals surface area contributed by atoms with Gasteiger partial charge in [0.15, 0.2) is 0 Å². The number of carbonyl (C=O) groups is 1. The van der Waals surface area contributed by atoms with E-state index in [0.717, 1.165) is 49.8 Å². The number of carbonyl (C=O) groups excluding carboxylic acids is 1. The highest BCUT2D eigenvalue weighted by Crippen LogP contribution is 2.33. The third kappa shape index (κ3) is 6.63. The minimum Gasteiger partial charge on any atom is -0.370 e. The summed E-state index contributed by atoms with van der Waals surface area (Å²) in [5.74, 6) is 0.552. The molecule has 0 atom stereocenters. The number of piperidine rings is 1. The van der Waals surface area contributed by atoms with Gasteiger partial charge >= 0.3 is 0 Å². The van der Waals surface area contributed by atoms with Crippen LogP contribution in [0.2, 0.25) is 10.0 Å². The van der Waals surface area contributed by atoms with Crippen LogP contribution in [-0.2, 0) is 0 Å². The lowest BCUT2D eigenvalue weighted by Gasteiger charge is -2.37. The lowest BCUT2D eigenvalue weighted by Crippen LogP contribution is -2.40. The highest BCUT2D eigenvalue weighted by molar-refractivity contribution is 6.31. The second-order valence-electron chi connectivity index (χ2n) is 9.27. The van der Waals surface area contributed by atoms with Gasteiger partial charge in [0.25, 0.3) is 5.91 Å². The Kier molecular flexibility index (Phi) is 8.87. The van der Waals surface area contributed by atoms with Crippen LogP contribution in [0.3, 0.4) is 0 Å². The highest BCUT2D eigenvalue weighted by atomic mass is 35.5. The zero-order valence-corrected chi connectivity index (χ0v) is 21.1. The molecule has 1 fully saturated rings. The van der Waals surface area contributed by atoms with Crippen molar-refractivity contribution in [3.05, 3.63) is 58.1 Å². The van der Waals surface area contributed by atoms with E-state index in [2.05, 4.69) is 42.8 Å². The topological polar surface area (TPSA) is 35.6 Å². The molecular weight excluding hydrogens is 441 g/mol. The summed E-state index contributed by atoms with van der Waals surface area (Å²) in [6, 6.07) is 13.9. The van der Waals surface area contributed by atoms with Gasteiger partial charge in [-0.15, -0.1) is 0 Å². The molecule has 6 heteroatoms. The van der Waals surface area contributed by atoms with Gasteiger partial charge in [-0.3, -0.25) is 9.69 Å². The quantitative estimate of drug-likeness (QED) is 0.447. The summed E-state index contributed by atoms with van der Waals surface area (Å²) in [4.78, 5) is 17.7. The van der Waals surface area contributed by atoms with Crippen LogP contribution in [0, 0.1) is 5.92 Å². The molecule has 1 N–H and O–H groups in total. The molecule has 1 aliphatic heterocycles. The van der Waals surface area contributed by atoms with E-state index in [1.807, 2.05) is 18.2 Å². The number of benzene rings is 2. The molecular formula is C26H35Cl2N3O. The SMILES string of the molecule is CC(C)N(CCC1CCN(c2ccc(Cl)cc2NC(=O)c2cccc(Cl)c2)CC1)C(C)C. The van der Waals surface area contributed by atoms with Gasteiger partial charge < -0.3 is 10.2 Å². The van der Waals surface area contributed by atoms with E-state index in [-0.39, 0.29) is 5.91 Å². The Morgan fingerprint density at radius 1 is 1.03 bits per heavy atom. The Hall–Kier alpha value is -1.75. The summed E-state index contributed by atoms with van der Waals surface area (Å²) in [6.07, 6.45) is 3.56. The smallest absolute Gasteiger partial charge is 0.255 e. The van der Waals surface area contributed by atoms with Crippen LogP contribution in [-0.4, -0.2) is 42.5 Å². The molecule has 2 aromatic rings. The summed E-state index contributed by atoms with van der Waals surface area (Å²) >= 11 is 12.3. The number of anilines is 2. The van der Waals surface area contributed by atoms with Gasteiger partial charge in [0.1, 0.15) is 0 Å². The molecule has 4 nitrogen and oxygen atoms in total. The molecule has 0 unspecified atom stereocenters. The predicted octanol–water partition coefficient (Wildman–Crippen LogP) is 6.97. The van der Waals surface area contributed by atoms with Crippen molar-refractivity contribution in [1.82, 2.24) is 4.90 Å². The first-order valence-corrected chi connectivity index (χ1v) is 12.4. The van der Waals surface area contributed by atoms with Crippen molar-refractivity contribution < 1.29 is 4.79 Å². The van der Waals surface area contributed by atoms with Crippen LogP contribution >= 0.6 is 23.2 Å². The van der Waals surface area contributed by atoms with E-state index in [1.165, 1.54) is 6.42 Å². The van der Waals surface area contributed by atoms with Crippen molar-refractivity contribution >= 4 is 40.5 Å². The fraction of sp³-hybridized carbons (Fsp3) is 0.500. The molecule has 0 radical (unpaired) electrons. The summed E-state index contributed by atoms with van der Waals surface area (Å²) in [6.45, 7) is 12.2. The van der Waals surface area contributed by atoms with Crippen molar-refractivity contribution in [3.8, 4) is 0 Å². The number of hydrogen-bond acceptors (Lipinski definition) is 3. The normalized spacial score (nSPS) is 15.1. The van der Waals surface area contributed by atoms with E-state index in [0.29, 0.717) is 27.7 Å². The van der Waals surface area contributed by atoms with Crippen molar-refractivity contribution in [2.75, 3.05) is 29.9 Å². The van der Waals surface area contributed by atoms with Gasteiger partial charge in [0.2, 0.25) is 0 Å². The number of hydrogen-bond donors (Lipinski definition) is 1. The maximum atomic E-state index is 12.8. The maximum Gasteiger partial charge on any atom is 0.255 e. The molecule has 0 spiro atoms. The van der Waals surface area contributed by atoms with Crippen molar-refractivity contribution in [2.24, 2.45) is 5.92 Å². The van der Waals surface area contributed by atoms with Crippen molar-refractivity contribution in [2.45, 2.75) is 59.0 Å². The number of nitrogens with one attached hydrogen (secondary N) is 1. The second-order valence-corrected chi connectivity index (χ2v) is 10.1. The molecule has 32 heavy (non-hydrogen) atoms. The highest BCUT2D eigenvalue weighted by Gasteiger charge is 2.23. The molecule has 0 aromatic heterocycles. The summed E-state index contributed by atoms with van der Waals surface area (Å²) in [5.41, 5.74) is 2.29. The predicted molar refractivity (Wildman–Crippen MR) is 137 cm³/mol. The fourth-order valence-electron chi connectivity index (χ4n) is 4.62. The molecule has 2 aromatic carbocycles. The van der Waals surface area contributed by atoms with Gasteiger partial charge in [0, 0.05) is 40.8 Å². The van der Waals surface area contributed by atoms with E-state index in [9.17, 15) is 4.79 Å². The largest absolute Gasteiger partial charge is 0.370 e. The van der Waals surface area contributed by atoms with Crippen LogP contribution in [0.5, 0.6) is 0 Å². The first-order valence-electron chi connectivity index (χ1n) is 11.6. The first-order chi connectivity index (χ1) is 15.2. The Balaban J connectivity index is 1.63. The fourth-order valence-corrected chi connectivity index (χ4v) is 4.98. The minimum absolute atomic E-state index is 0.187. The lowest BCUT2D eigenvalue weighted by molar-refractivity contribution is 0.102.